The highest BCUT2D eigenvalue weighted by molar-refractivity contribution is 14.0. The molecule has 32 heavy (non-hydrogen) atoms. The second-order valence-corrected chi connectivity index (χ2v) is 9.14. The molecule has 1 fully saturated rings. The van der Waals surface area contributed by atoms with Gasteiger partial charge in [-0.25, -0.2) is 0 Å². The second-order valence-electron chi connectivity index (χ2n) is 9.14. The first-order valence-corrected chi connectivity index (χ1v) is 12.2. The van der Waals surface area contributed by atoms with Crippen LogP contribution in [0.5, 0.6) is 0 Å². The number of hydrogen-bond acceptors (Lipinski definition) is 4. The van der Waals surface area contributed by atoms with Crippen LogP contribution < -0.4 is 10.6 Å². The van der Waals surface area contributed by atoms with Crippen LogP contribution >= 0.6 is 24.0 Å². The van der Waals surface area contributed by atoms with Gasteiger partial charge in [0.1, 0.15) is 0 Å². The first kappa shape index (κ1) is 27.3. The summed E-state index contributed by atoms with van der Waals surface area (Å²) in [6, 6.07) is 8.63. The van der Waals surface area contributed by atoms with Gasteiger partial charge in [0.15, 0.2) is 5.96 Å². The molecule has 1 aromatic rings. The third-order valence-corrected chi connectivity index (χ3v) is 6.75. The van der Waals surface area contributed by atoms with Crippen molar-refractivity contribution in [2.45, 2.75) is 65.0 Å². The zero-order chi connectivity index (χ0) is 21.9. The number of guanidine groups is 1. The van der Waals surface area contributed by atoms with Gasteiger partial charge in [0.05, 0.1) is 6.10 Å². The van der Waals surface area contributed by atoms with E-state index in [4.69, 9.17) is 9.73 Å². The molecule has 7 heteroatoms. The maximum Gasteiger partial charge on any atom is 0.191 e. The highest BCUT2D eigenvalue weighted by atomic mass is 127. The summed E-state index contributed by atoms with van der Waals surface area (Å²) in [6.45, 7) is 10.5. The molecule has 3 N–H and O–H groups in total. The number of hydrogen-bond donors (Lipinski definition) is 3. The summed E-state index contributed by atoms with van der Waals surface area (Å²) in [4.78, 5) is 7.26. The number of ether oxygens (including phenoxy) is 1. The molecule has 0 spiro atoms. The summed E-state index contributed by atoms with van der Waals surface area (Å²) in [6.07, 6.45) is 6.79. The summed E-state index contributed by atoms with van der Waals surface area (Å²) in [5.41, 5.74) is 3.10. The Morgan fingerprint density at radius 2 is 1.94 bits per heavy atom. The fourth-order valence-corrected chi connectivity index (χ4v) is 4.92. The number of benzene rings is 1. The number of nitrogens with zero attached hydrogens (tertiary/aromatic N) is 2. The van der Waals surface area contributed by atoms with Gasteiger partial charge in [-0.05, 0) is 56.1 Å². The SMILES string of the molecule is CCNC(=NCC1(CCOCC)CCCC1)NCC(O)CN1CCc2ccccc2C1.I. The summed E-state index contributed by atoms with van der Waals surface area (Å²) >= 11 is 0. The molecule has 1 saturated carbocycles. The zero-order valence-corrected chi connectivity index (χ0v) is 22.3. The van der Waals surface area contributed by atoms with E-state index in [1.165, 1.54) is 36.8 Å². The Hall–Kier alpha value is -0.900. The number of aliphatic imine (C=N–C) groups is 1. The Balaban J connectivity index is 0.00000363. The fraction of sp³-hybridized carbons (Fsp3) is 0.720. The topological polar surface area (TPSA) is 69.1 Å². The molecule has 1 aromatic carbocycles. The summed E-state index contributed by atoms with van der Waals surface area (Å²) in [5, 5.41) is 17.4. The minimum atomic E-state index is -0.424. The first-order valence-electron chi connectivity index (χ1n) is 12.2. The summed E-state index contributed by atoms with van der Waals surface area (Å²) in [5.74, 6) is 0.813. The van der Waals surface area contributed by atoms with Crippen LogP contribution in [0.25, 0.3) is 0 Å². The summed E-state index contributed by atoms with van der Waals surface area (Å²) < 4.78 is 5.63. The Bertz CT molecular complexity index is 694. The third kappa shape index (κ3) is 8.47. The molecule has 0 radical (unpaired) electrons. The van der Waals surface area contributed by atoms with E-state index in [9.17, 15) is 5.11 Å². The minimum absolute atomic E-state index is 0. The number of fused-ring (bicyclic) bond motifs is 1. The molecular formula is C25H43IN4O2. The molecule has 3 rings (SSSR count). The molecule has 2 aliphatic rings. The minimum Gasteiger partial charge on any atom is -0.390 e. The van der Waals surface area contributed by atoms with E-state index in [-0.39, 0.29) is 29.4 Å². The number of nitrogens with one attached hydrogen (secondary N) is 2. The lowest BCUT2D eigenvalue weighted by Crippen LogP contribution is -2.45. The largest absolute Gasteiger partial charge is 0.390 e. The molecule has 1 heterocycles. The zero-order valence-electron chi connectivity index (χ0n) is 19.9. The van der Waals surface area contributed by atoms with Crippen LogP contribution in [0.2, 0.25) is 0 Å². The van der Waals surface area contributed by atoms with Crippen LogP contribution in [0.1, 0.15) is 57.1 Å². The molecule has 1 aliphatic carbocycles. The van der Waals surface area contributed by atoms with Crippen LogP contribution in [-0.2, 0) is 17.7 Å². The van der Waals surface area contributed by atoms with E-state index in [1.54, 1.807) is 0 Å². The van der Waals surface area contributed by atoms with Crippen molar-refractivity contribution in [3.8, 4) is 0 Å². The molecule has 0 saturated heterocycles. The van der Waals surface area contributed by atoms with Crippen LogP contribution in [0.3, 0.4) is 0 Å². The second kappa shape index (κ2) is 14.4. The van der Waals surface area contributed by atoms with E-state index in [0.717, 1.165) is 58.2 Å². The van der Waals surface area contributed by atoms with Gasteiger partial charge in [0.25, 0.3) is 0 Å². The van der Waals surface area contributed by atoms with E-state index >= 15 is 0 Å². The molecule has 1 aliphatic heterocycles. The van der Waals surface area contributed by atoms with Crippen LogP contribution in [0.15, 0.2) is 29.3 Å². The summed E-state index contributed by atoms with van der Waals surface area (Å²) in [7, 11) is 0. The quantitative estimate of drug-likeness (QED) is 0.168. The van der Waals surface area contributed by atoms with Crippen LogP contribution in [0.4, 0.5) is 0 Å². The molecule has 182 valence electrons. The van der Waals surface area contributed by atoms with Gasteiger partial charge in [0, 0.05) is 52.5 Å². The lowest BCUT2D eigenvalue weighted by Gasteiger charge is -2.30. The monoisotopic (exact) mass is 558 g/mol. The van der Waals surface area contributed by atoms with Crippen LogP contribution in [-0.4, -0.2) is 68.0 Å². The highest BCUT2D eigenvalue weighted by Crippen LogP contribution is 2.41. The standard InChI is InChI=1S/C25H42N4O2.HI/c1-3-26-24(28-20-25(12-7-8-13-25)14-16-31-4-2)27-17-23(30)19-29-15-11-21-9-5-6-10-22(21)18-29;/h5-6,9-10,23,30H,3-4,7-8,11-20H2,1-2H3,(H2,26,27,28);1H. The number of aliphatic hydroxyl groups excluding tert-OH is 1. The Morgan fingerprint density at radius 1 is 1.19 bits per heavy atom. The Kier molecular flexibility index (Phi) is 12.3. The number of β-amino-alcohol motifs (C(OH)–C–C–N with tert-alkyl or cyclic N) is 1. The molecule has 0 aromatic heterocycles. The Labute approximate surface area is 211 Å². The number of halogens is 1. The lowest BCUT2D eigenvalue weighted by molar-refractivity contribution is 0.106. The van der Waals surface area contributed by atoms with Crippen molar-refractivity contribution in [2.75, 3.05) is 45.9 Å². The molecular weight excluding hydrogens is 515 g/mol. The van der Waals surface area contributed by atoms with Crippen molar-refractivity contribution in [3.63, 3.8) is 0 Å². The van der Waals surface area contributed by atoms with E-state index < -0.39 is 6.10 Å². The predicted octanol–water partition coefficient (Wildman–Crippen LogP) is 3.57. The van der Waals surface area contributed by atoms with Gasteiger partial charge in [-0.1, -0.05) is 37.1 Å². The first-order chi connectivity index (χ1) is 15.1. The van der Waals surface area contributed by atoms with Crippen molar-refractivity contribution >= 4 is 29.9 Å². The third-order valence-electron chi connectivity index (χ3n) is 6.75. The smallest absolute Gasteiger partial charge is 0.191 e. The fourth-order valence-electron chi connectivity index (χ4n) is 4.92. The molecule has 1 unspecified atom stereocenters. The van der Waals surface area contributed by atoms with E-state index in [0.29, 0.717) is 13.1 Å². The van der Waals surface area contributed by atoms with E-state index in [1.807, 2.05) is 0 Å². The average Bonchev–Trinajstić information content (AvgIpc) is 3.25. The van der Waals surface area contributed by atoms with Crippen molar-refractivity contribution in [1.82, 2.24) is 15.5 Å². The molecule has 0 amide bonds. The molecule has 1 atom stereocenters. The highest BCUT2D eigenvalue weighted by Gasteiger charge is 2.33. The van der Waals surface area contributed by atoms with Crippen molar-refractivity contribution < 1.29 is 9.84 Å². The molecule has 0 bridgehead atoms. The van der Waals surface area contributed by atoms with Gasteiger partial charge in [-0.15, -0.1) is 24.0 Å². The van der Waals surface area contributed by atoms with Gasteiger partial charge < -0.3 is 20.5 Å². The van der Waals surface area contributed by atoms with Gasteiger partial charge in [-0.3, -0.25) is 9.89 Å². The van der Waals surface area contributed by atoms with Gasteiger partial charge in [0.2, 0.25) is 0 Å². The average molecular weight is 559 g/mol. The number of aliphatic hydroxyl groups is 1. The number of rotatable bonds is 11. The van der Waals surface area contributed by atoms with Crippen molar-refractivity contribution in [3.05, 3.63) is 35.4 Å². The van der Waals surface area contributed by atoms with Gasteiger partial charge >= 0.3 is 0 Å². The molecule has 6 nitrogen and oxygen atoms in total. The van der Waals surface area contributed by atoms with Gasteiger partial charge in [-0.2, -0.15) is 0 Å². The lowest BCUT2D eigenvalue weighted by atomic mass is 9.83. The normalized spacial score (nSPS) is 19.2. The van der Waals surface area contributed by atoms with Crippen molar-refractivity contribution in [2.24, 2.45) is 10.4 Å². The van der Waals surface area contributed by atoms with Crippen molar-refractivity contribution in [1.29, 1.82) is 0 Å². The van der Waals surface area contributed by atoms with Crippen LogP contribution in [0, 0.1) is 5.41 Å². The predicted molar refractivity (Wildman–Crippen MR) is 143 cm³/mol. The maximum atomic E-state index is 10.6. The van der Waals surface area contributed by atoms with E-state index in [2.05, 4.69) is 53.6 Å². The Morgan fingerprint density at radius 3 is 2.66 bits per heavy atom. The maximum absolute atomic E-state index is 10.6.